The minimum absolute atomic E-state index is 0.0706. The Morgan fingerprint density at radius 3 is 2.70 bits per heavy atom. The van der Waals surface area contributed by atoms with Gasteiger partial charge in [0.2, 0.25) is 5.91 Å². The van der Waals surface area contributed by atoms with Gasteiger partial charge in [-0.05, 0) is 43.1 Å². The average molecular weight is 389 g/mol. The van der Waals surface area contributed by atoms with Gasteiger partial charge < -0.3 is 15.2 Å². The standard InChI is InChI=1S/C20H21ClN2O4/c21-16-11-15(8-9-18(16)27-13-19(24)25)22-20(26)17-7-4-10-23(17)12-14-5-2-1-3-6-14/h1-3,5-6,8-9,11,17H,4,7,10,12-13H2,(H,22,26)(H,24,25). The Morgan fingerprint density at radius 1 is 1.22 bits per heavy atom. The lowest BCUT2D eigenvalue weighted by Crippen LogP contribution is -2.39. The molecular weight excluding hydrogens is 368 g/mol. The molecule has 6 nitrogen and oxygen atoms in total. The summed E-state index contributed by atoms with van der Waals surface area (Å²) in [5.74, 6) is -0.884. The normalized spacial score (nSPS) is 16.9. The van der Waals surface area contributed by atoms with Crippen LogP contribution in [0.2, 0.25) is 5.02 Å². The number of likely N-dealkylation sites (tertiary alicyclic amines) is 1. The van der Waals surface area contributed by atoms with Gasteiger partial charge in [0, 0.05) is 12.2 Å². The zero-order valence-corrected chi connectivity index (χ0v) is 15.5. The summed E-state index contributed by atoms with van der Waals surface area (Å²) in [6.45, 7) is 1.15. The van der Waals surface area contributed by atoms with Gasteiger partial charge in [-0.2, -0.15) is 0 Å². The first-order valence-corrected chi connectivity index (χ1v) is 9.14. The van der Waals surface area contributed by atoms with Crippen molar-refractivity contribution in [3.63, 3.8) is 0 Å². The molecule has 0 radical (unpaired) electrons. The van der Waals surface area contributed by atoms with Crippen molar-refractivity contribution in [2.24, 2.45) is 0 Å². The number of carbonyl (C=O) groups is 2. The second-order valence-corrected chi connectivity index (χ2v) is 6.84. The molecule has 142 valence electrons. The Hall–Kier alpha value is -2.57. The van der Waals surface area contributed by atoms with Crippen molar-refractivity contribution in [2.75, 3.05) is 18.5 Å². The van der Waals surface area contributed by atoms with Gasteiger partial charge >= 0.3 is 5.97 Å². The van der Waals surface area contributed by atoms with E-state index in [0.717, 1.165) is 25.9 Å². The van der Waals surface area contributed by atoms with Crippen LogP contribution in [-0.2, 0) is 16.1 Å². The molecule has 1 heterocycles. The number of amides is 1. The highest BCUT2D eigenvalue weighted by Gasteiger charge is 2.30. The molecule has 3 rings (SSSR count). The van der Waals surface area contributed by atoms with Crippen molar-refractivity contribution >= 4 is 29.2 Å². The molecule has 0 bridgehead atoms. The number of ether oxygens (including phenoxy) is 1. The molecule has 1 saturated heterocycles. The lowest BCUT2D eigenvalue weighted by atomic mass is 10.1. The van der Waals surface area contributed by atoms with Crippen LogP contribution in [0.1, 0.15) is 18.4 Å². The molecule has 27 heavy (non-hydrogen) atoms. The van der Waals surface area contributed by atoms with Gasteiger partial charge in [-0.15, -0.1) is 0 Å². The number of benzene rings is 2. The Morgan fingerprint density at radius 2 is 2.00 bits per heavy atom. The third-order valence-corrected chi connectivity index (χ3v) is 4.74. The highest BCUT2D eigenvalue weighted by atomic mass is 35.5. The van der Waals surface area contributed by atoms with Crippen molar-refractivity contribution in [1.82, 2.24) is 4.90 Å². The topological polar surface area (TPSA) is 78.9 Å². The molecule has 7 heteroatoms. The van der Waals surface area contributed by atoms with Crippen molar-refractivity contribution in [3.8, 4) is 5.75 Å². The summed E-state index contributed by atoms with van der Waals surface area (Å²) in [5, 5.41) is 11.8. The van der Waals surface area contributed by atoms with Crippen LogP contribution in [0.4, 0.5) is 5.69 Å². The first kappa shape index (κ1) is 19.2. The monoisotopic (exact) mass is 388 g/mol. The molecule has 1 unspecified atom stereocenters. The lowest BCUT2D eigenvalue weighted by Gasteiger charge is -2.23. The van der Waals surface area contributed by atoms with Crippen LogP contribution < -0.4 is 10.1 Å². The Balaban J connectivity index is 1.62. The third kappa shape index (κ3) is 5.21. The van der Waals surface area contributed by atoms with Gasteiger partial charge in [-0.1, -0.05) is 41.9 Å². The average Bonchev–Trinajstić information content (AvgIpc) is 3.10. The molecule has 2 aromatic rings. The number of carboxylic acid groups (broad SMARTS) is 1. The molecule has 0 spiro atoms. The fourth-order valence-electron chi connectivity index (χ4n) is 3.19. The van der Waals surface area contributed by atoms with Crippen molar-refractivity contribution in [3.05, 3.63) is 59.1 Å². The summed E-state index contributed by atoms with van der Waals surface area (Å²) in [6.07, 6.45) is 1.79. The van der Waals surface area contributed by atoms with Crippen LogP contribution in [0.25, 0.3) is 0 Å². The number of nitrogens with one attached hydrogen (secondary N) is 1. The van der Waals surface area contributed by atoms with Crippen LogP contribution >= 0.6 is 11.6 Å². The van der Waals surface area contributed by atoms with E-state index in [9.17, 15) is 9.59 Å². The number of rotatable bonds is 7. The Bertz CT molecular complexity index is 813. The first-order chi connectivity index (χ1) is 13.0. The summed E-state index contributed by atoms with van der Waals surface area (Å²) in [6, 6.07) is 14.7. The third-order valence-electron chi connectivity index (χ3n) is 4.45. The summed E-state index contributed by atoms with van der Waals surface area (Å²) < 4.78 is 5.09. The number of halogens is 1. The van der Waals surface area contributed by atoms with Gasteiger partial charge in [0.15, 0.2) is 6.61 Å². The number of nitrogens with zero attached hydrogens (tertiary/aromatic N) is 1. The largest absolute Gasteiger partial charge is 0.480 e. The van der Waals surface area contributed by atoms with Crippen molar-refractivity contribution < 1.29 is 19.4 Å². The molecule has 1 aliphatic heterocycles. The van der Waals surface area contributed by atoms with Crippen molar-refractivity contribution in [2.45, 2.75) is 25.4 Å². The van der Waals surface area contributed by atoms with E-state index in [1.165, 1.54) is 5.56 Å². The number of aliphatic carboxylic acids is 1. The molecule has 1 atom stereocenters. The maximum atomic E-state index is 12.7. The molecule has 0 aromatic heterocycles. The molecule has 1 fully saturated rings. The van der Waals surface area contributed by atoms with Crippen molar-refractivity contribution in [1.29, 1.82) is 0 Å². The summed E-state index contributed by atoms with van der Waals surface area (Å²) >= 11 is 6.11. The van der Waals surface area contributed by atoms with E-state index in [0.29, 0.717) is 5.69 Å². The summed E-state index contributed by atoms with van der Waals surface area (Å²) in [7, 11) is 0. The van der Waals surface area contributed by atoms with Crippen LogP contribution in [0.15, 0.2) is 48.5 Å². The molecule has 1 aliphatic rings. The van der Waals surface area contributed by atoms with E-state index < -0.39 is 12.6 Å². The van der Waals surface area contributed by atoms with Crippen LogP contribution in [0.3, 0.4) is 0 Å². The van der Waals surface area contributed by atoms with Crippen LogP contribution in [0, 0.1) is 0 Å². The smallest absolute Gasteiger partial charge is 0.341 e. The summed E-state index contributed by atoms with van der Waals surface area (Å²) in [4.78, 5) is 25.5. The predicted octanol–water partition coefficient (Wildman–Crippen LogP) is 3.41. The number of anilines is 1. The fourth-order valence-corrected chi connectivity index (χ4v) is 3.43. The van der Waals surface area contributed by atoms with Gasteiger partial charge in [0.1, 0.15) is 5.75 Å². The van der Waals surface area contributed by atoms with E-state index in [1.807, 2.05) is 18.2 Å². The van der Waals surface area contributed by atoms with Crippen LogP contribution in [-0.4, -0.2) is 41.1 Å². The Labute approximate surface area is 162 Å². The maximum Gasteiger partial charge on any atom is 0.341 e. The zero-order chi connectivity index (χ0) is 19.2. The fraction of sp³-hybridized carbons (Fsp3) is 0.300. The van der Waals surface area contributed by atoms with Crippen LogP contribution in [0.5, 0.6) is 5.75 Å². The van der Waals surface area contributed by atoms with E-state index in [4.69, 9.17) is 21.4 Å². The highest BCUT2D eigenvalue weighted by molar-refractivity contribution is 6.32. The Kier molecular flexibility index (Phi) is 6.32. The molecule has 0 saturated carbocycles. The second-order valence-electron chi connectivity index (χ2n) is 6.43. The van der Waals surface area contributed by atoms with Gasteiger partial charge in [-0.3, -0.25) is 9.69 Å². The quantitative estimate of drug-likeness (QED) is 0.760. The van der Waals surface area contributed by atoms with E-state index >= 15 is 0 Å². The molecule has 2 N–H and O–H groups in total. The molecule has 0 aliphatic carbocycles. The zero-order valence-electron chi connectivity index (χ0n) is 14.7. The molecule has 1 amide bonds. The minimum Gasteiger partial charge on any atom is -0.480 e. The minimum atomic E-state index is -1.08. The molecular formula is C20H21ClN2O4. The maximum absolute atomic E-state index is 12.7. The van der Waals surface area contributed by atoms with E-state index in [-0.39, 0.29) is 22.7 Å². The van der Waals surface area contributed by atoms with Gasteiger partial charge in [-0.25, -0.2) is 4.79 Å². The van der Waals surface area contributed by atoms with Gasteiger partial charge in [0.25, 0.3) is 0 Å². The van der Waals surface area contributed by atoms with Gasteiger partial charge in [0.05, 0.1) is 11.1 Å². The highest BCUT2D eigenvalue weighted by Crippen LogP contribution is 2.28. The first-order valence-electron chi connectivity index (χ1n) is 8.76. The number of carboxylic acids is 1. The van der Waals surface area contributed by atoms with E-state index in [2.05, 4.69) is 22.3 Å². The number of carbonyl (C=O) groups excluding carboxylic acids is 1. The SMILES string of the molecule is O=C(O)COc1ccc(NC(=O)C2CCCN2Cc2ccccc2)cc1Cl. The number of hydrogen-bond acceptors (Lipinski definition) is 4. The summed E-state index contributed by atoms with van der Waals surface area (Å²) in [5.41, 5.74) is 1.74. The second kappa shape index (κ2) is 8.88. The van der Waals surface area contributed by atoms with E-state index in [1.54, 1.807) is 18.2 Å². The molecule has 2 aromatic carbocycles. The predicted molar refractivity (Wildman–Crippen MR) is 103 cm³/mol. The number of hydrogen-bond donors (Lipinski definition) is 2. The lowest BCUT2D eigenvalue weighted by molar-refractivity contribution is -0.139.